The van der Waals surface area contributed by atoms with Gasteiger partial charge in [0.05, 0.1) is 6.07 Å². The highest BCUT2D eigenvalue weighted by molar-refractivity contribution is 7.99. The van der Waals surface area contributed by atoms with Crippen LogP contribution in [-0.2, 0) is 0 Å². The summed E-state index contributed by atoms with van der Waals surface area (Å²) >= 11 is 1.70. The zero-order valence-electron chi connectivity index (χ0n) is 10.4. The van der Waals surface area contributed by atoms with Crippen LogP contribution >= 0.6 is 11.8 Å². The lowest BCUT2D eigenvalue weighted by atomic mass is 10.00. The molecule has 1 aromatic rings. The molecule has 0 radical (unpaired) electrons. The Labute approximate surface area is 107 Å². The Morgan fingerprint density at radius 1 is 1.41 bits per heavy atom. The third-order valence-corrected chi connectivity index (χ3v) is 4.68. The van der Waals surface area contributed by atoms with E-state index >= 15 is 0 Å². The van der Waals surface area contributed by atoms with Crippen LogP contribution < -0.4 is 5.73 Å². The molecule has 1 atom stereocenters. The maximum absolute atomic E-state index is 9.18. The Kier molecular flexibility index (Phi) is 3.46. The summed E-state index contributed by atoms with van der Waals surface area (Å²) in [4.78, 5) is 1.21. The zero-order valence-corrected chi connectivity index (χ0v) is 11.2. The van der Waals surface area contributed by atoms with Crippen molar-refractivity contribution in [2.24, 2.45) is 11.7 Å². The van der Waals surface area contributed by atoms with Crippen LogP contribution in [0.5, 0.6) is 0 Å². The maximum Gasteiger partial charge on any atom is 0.116 e. The first-order valence-corrected chi connectivity index (χ1v) is 6.94. The second kappa shape index (κ2) is 4.72. The van der Waals surface area contributed by atoms with Crippen LogP contribution in [0, 0.1) is 31.1 Å². The average molecular weight is 246 g/mol. The van der Waals surface area contributed by atoms with E-state index in [4.69, 9.17) is 5.73 Å². The summed E-state index contributed by atoms with van der Waals surface area (Å²) in [5, 5.41) is 9.18. The van der Waals surface area contributed by atoms with Gasteiger partial charge in [-0.05, 0) is 55.9 Å². The van der Waals surface area contributed by atoms with Gasteiger partial charge in [-0.1, -0.05) is 6.07 Å². The zero-order chi connectivity index (χ0) is 12.5. The second-order valence-electron chi connectivity index (χ2n) is 4.96. The second-order valence-corrected chi connectivity index (χ2v) is 6.01. The van der Waals surface area contributed by atoms with Crippen LogP contribution in [0.4, 0.5) is 0 Å². The van der Waals surface area contributed by atoms with Gasteiger partial charge in [-0.25, -0.2) is 0 Å². The van der Waals surface area contributed by atoms with Gasteiger partial charge in [0.2, 0.25) is 0 Å². The molecule has 2 nitrogen and oxygen atoms in total. The first-order valence-electron chi connectivity index (χ1n) is 5.95. The van der Waals surface area contributed by atoms with Crippen molar-refractivity contribution in [1.82, 2.24) is 0 Å². The van der Waals surface area contributed by atoms with Crippen molar-refractivity contribution in [3.8, 4) is 6.07 Å². The summed E-state index contributed by atoms with van der Waals surface area (Å²) in [7, 11) is 0. The molecular weight excluding hydrogens is 228 g/mol. The number of nitrogens with zero attached hydrogens (tertiary/aromatic N) is 1. The molecule has 1 fully saturated rings. The predicted octanol–water partition coefficient (Wildman–Crippen LogP) is 3.03. The van der Waals surface area contributed by atoms with Gasteiger partial charge in [0.25, 0.3) is 0 Å². The molecule has 1 unspecified atom stereocenters. The molecule has 0 amide bonds. The number of hydrogen-bond acceptors (Lipinski definition) is 3. The standard InChI is InChI=1S/C14H18N2S/c1-10-3-6-13(7-11(10)2)17-9-14(16,8-15)12-4-5-12/h3,6-7,12H,4-5,9,16H2,1-2H3. The van der Waals surface area contributed by atoms with E-state index in [0.29, 0.717) is 11.7 Å². The van der Waals surface area contributed by atoms with Gasteiger partial charge in [0.1, 0.15) is 5.54 Å². The summed E-state index contributed by atoms with van der Waals surface area (Å²) in [6, 6.07) is 8.70. The Hall–Kier alpha value is -0.980. The molecule has 0 spiro atoms. The Balaban J connectivity index is 2.02. The number of aryl methyl sites for hydroxylation is 2. The monoisotopic (exact) mass is 246 g/mol. The summed E-state index contributed by atoms with van der Waals surface area (Å²) in [6.45, 7) is 4.22. The van der Waals surface area contributed by atoms with Gasteiger partial charge < -0.3 is 5.73 Å². The quantitative estimate of drug-likeness (QED) is 0.831. The van der Waals surface area contributed by atoms with E-state index in [9.17, 15) is 5.26 Å². The van der Waals surface area contributed by atoms with Gasteiger partial charge in [-0.15, -0.1) is 11.8 Å². The molecule has 3 heteroatoms. The molecule has 2 rings (SSSR count). The molecule has 1 aromatic carbocycles. The number of thioether (sulfide) groups is 1. The minimum Gasteiger partial charge on any atom is -0.312 e. The fourth-order valence-corrected chi connectivity index (χ4v) is 2.98. The van der Waals surface area contributed by atoms with Crippen LogP contribution in [0.2, 0.25) is 0 Å². The molecular formula is C14H18N2S. The van der Waals surface area contributed by atoms with Crippen LogP contribution in [0.1, 0.15) is 24.0 Å². The Morgan fingerprint density at radius 2 is 2.12 bits per heavy atom. The van der Waals surface area contributed by atoms with Crippen molar-refractivity contribution in [2.75, 3.05) is 5.75 Å². The van der Waals surface area contributed by atoms with Crippen molar-refractivity contribution in [1.29, 1.82) is 5.26 Å². The van der Waals surface area contributed by atoms with E-state index < -0.39 is 5.54 Å². The largest absolute Gasteiger partial charge is 0.312 e. The average Bonchev–Trinajstić information content (AvgIpc) is 3.14. The lowest BCUT2D eigenvalue weighted by molar-refractivity contribution is 0.532. The Morgan fingerprint density at radius 3 is 2.65 bits per heavy atom. The molecule has 1 saturated carbocycles. The lowest BCUT2D eigenvalue weighted by Gasteiger charge is -2.20. The van der Waals surface area contributed by atoms with Crippen LogP contribution in [0.3, 0.4) is 0 Å². The predicted molar refractivity (Wildman–Crippen MR) is 71.9 cm³/mol. The minimum atomic E-state index is -0.635. The Bertz CT molecular complexity index is 460. The number of rotatable bonds is 4. The first-order chi connectivity index (χ1) is 8.05. The highest BCUT2D eigenvalue weighted by Gasteiger charge is 2.42. The van der Waals surface area contributed by atoms with E-state index in [2.05, 4.69) is 38.1 Å². The summed E-state index contributed by atoms with van der Waals surface area (Å²) in [5.41, 5.74) is 8.10. The third kappa shape index (κ3) is 2.83. The number of benzene rings is 1. The van der Waals surface area contributed by atoms with Crippen molar-refractivity contribution < 1.29 is 0 Å². The molecule has 1 aliphatic carbocycles. The van der Waals surface area contributed by atoms with E-state index in [1.165, 1.54) is 16.0 Å². The molecule has 1 aliphatic rings. The lowest BCUT2D eigenvalue weighted by Crippen LogP contribution is -2.43. The highest BCUT2D eigenvalue weighted by atomic mass is 32.2. The van der Waals surface area contributed by atoms with Crippen molar-refractivity contribution in [3.05, 3.63) is 29.3 Å². The van der Waals surface area contributed by atoms with Crippen molar-refractivity contribution in [3.63, 3.8) is 0 Å². The van der Waals surface area contributed by atoms with Gasteiger partial charge in [-0.2, -0.15) is 5.26 Å². The van der Waals surface area contributed by atoms with Gasteiger partial charge in [0.15, 0.2) is 0 Å². The molecule has 0 heterocycles. The fraction of sp³-hybridized carbons (Fsp3) is 0.500. The number of nitriles is 1. The van der Waals surface area contributed by atoms with Crippen LogP contribution in [0.25, 0.3) is 0 Å². The smallest absolute Gasteiger partial charge is 0.116 e. The van der Waals surface area contributed by atoms with Crippen LogP contribution in [0.15, 0.2) is 23.1 Å². The van der Waals surface area contributed by atoms with Gasteiger partial charge in [-0.3, -0.25) is 0 Å². The molecule has 0 aliphatic heterocycles. The van der Waals surface area contributed by atoms with Gasteiger partial charge >= 0.3 is 0 Å². The van der Waals surface area contributed by atoms with E-state index in [0.717, 1.165) is 12.8 Å². The van der Waals surface area contributed by atoms with Crippen molar-refractivity contribution >= 4 is 11.8 Å². The molecule has 0 saturated heterocycles. The topological polar surface area (TPSA) is 49.8 Å². The summed E-state index contributed by atoms with van der Waals surface area (Å²) in [6.07, 6.45) is 2.22. The minimum absolute atomic E-state index is 0.409. The maximum atomic E-state index is 9.18. The molecule has 17 heavy (non-hydrogen) atoms. The molecule has 0 bridgehead atoms. The van der Waals surface area contributed by atoms with E-state index in [1.54, 1.807) is 11.8 Å². The normalized spacial score (nSPS) is 18.5. The number of hydrogen-bond donors (Lipinski definition) is 1. The van der Waals surface area contributed by atoms with Crippen molar-refractivity contribution in [2.45, 2.75) is 37.1 Å². The highest BCUT2D eigenvalue weighted by Crippen LogP contribution is 2.40. The van der Waals surface area contributed by atoms with E-state index in [1.807, 2.05) is 0 Å². The summed E-state index contributed by atoms with van der Waals surface area (Å²) < 4.78 is 0. The third-order valence-electron chi connectivity index (χ3n) is 3.47. The fourth-order valence-electron chi connectivity index (χ4n) is 1.85. The SMILES string of the molecule is Cc1ccc(SCC(N)(C#N)C2CC2)cc1C. The van der Waals surface area contributed by atoms with Crippen LogP contribution in [-0.4, -0.2) is 11.3 Å². The molecule has 2 N–H and O–H groups in total. The van der Waals surface area contributed by atoms with Gasteiger partial charge in [0, 0.05) is 10.6 Å². The first kappa shape index (κ1) is 12.5. The summed E-state index contributed by atoms with van der Waals surface area (Å²) in [5.74, 6) is 1.10. The molecule has 90 valence electrons. The molecule has 0 aromatic heterocycles. The number of nitrogens with two attached hydrogens (primary N) is 1. The van der Waals surface area contributed by atoms with E-state index in [-0.39, 0.29) is 0 Å².